The van der Waals surface area contributed by atoms with E-state index in [1.54, 1.807) is 9.80 Å². The summed E-state index contributed by atoms with van der Waals surface area (Å²) in [7, 11) is 0. The molecule has 0 spiro atoms. The number of nitrogens with one attached hydrogen (secondary N) is 1. The van der Waals surface area contributed by atoms with Crippen LogP contribution in [-0.4, -0.2) is 65.8 Å². The van der Waals surface area contributed by atoms with E-state index in [0.29, 0.717) is 12.1 Å². The molecule has 0 bridgehead atoms. The van der Waals surface area contributed by atoms with Gasteiger partial charge >= 0.3 is 12.1 Å². The highest BCUT2D eigenvalue weighted by Crippen LogP contribution is 2.18. The Hall–Kier alpha value is -1.50. The smallest absolute Gasteiger partial charge is 0.410 e. The maximum absolute atomic E-state index is 12.0. The van der Waals surface area contributed by atoms with Gasteiger partial charge in [-0.15, -0.1) is 0 Å². The first-order chi connectivity index (χ1) is 10.7. The fourth-order valence-corrected chi connectivity index (χ4v) is 3.16. The van der Waals surface area contributed by atoms with E-state index in [9.17, 15) is 9.59 Å². The molecular formula is C16H30N4O3. The summed E-state index contributed by atoms with van der Waals surface area (Å²) in [6.45, 7) is 8.57. The number of hydrogen-bond donors (Lipinski definition) is 2. The van der Waals surface area contributed by atoms with Crippen LogP contribution in [0.4, 0.5) is 9.59 Å². The highest BCUT2D eigenvalue weighted by molar-refractivity contribution is 5.72. The zero-order valence-corrected chi connectivity index (χ0v) is 14.5. The van der Waals surface area contributed by atoms with Gasteiger partial charge in [-0.2, -0.15) is 0 Å². The van der Waals surface area contributed by atoms with E-state index in [2.05, 4.69) is 5.32 Å². The Balaban J connectivity index is 1.69. The van der Waals surface area contributed by atoms with Crippen LogP contribution in [0.1, 0.15) is 46.5 Å². The minimum Gasteiger partial charge on any atom is -0.444 e. The van der Waals surface area contributed by atoms with Gasteiger partial charge < -0.3 is 25.6 Å². The van der Waals surface area contributed by atoms with Crippen LogP contribution in [0.25, 0.3) is 0 Å². The van der Waals surface area contributed by atoms with Crippen LogP contribution < -0.4 is 11.1 Å². The molecule has 0 aliphatic carbocycles. The molecule has 2 aliphatic heterocycles. The third-order valence-corrected chi connectivity index (χ3v) is 4.42. The van der Waals surface area contributed by atoms with Gasteiger partial charge in [0.1, 0.15) is 5.60 Å². The molecule has 0 radical (unpaired) electrons. The molecule has 3 N–H and O–H groups in total. The summed E-state index contributed by atoms with van der Waals surface area (Å²) in [4.78, 5) is 26.7. The third kappa shape index (κ3) is 5.57. The first-order valence-electron chi connectivity index (χ1n) is 8.53. The van der Waals surface area contributed by atoms with Gasteiger partial charge in [0.15, 0.2) is 0 Å². The lowest BCUT2D eigenvalue weighted by Crippen LogP contribution is -2.52. The number of likely N-dealkylation sites (tertiary alicyclic amines) is 2. The van der Waals surface area contributed by atoms with E-state index < -0.39 is 5.60 Å². The zero-order valence-electron chi connectivity index (χ0n) is 14.5. The van der Waals surface area contributed by atoms with Crippen molar-refractivity contribution in [2.75, 3.05) is 26.2 Å². The first kappa shape index (κ1) is 17.8. The topological polar surface area (TPSA) is 87.9 Å². The van der Waals surface area contributed by atoms with E-state index in [-0.39, 0.29) is 12.1 Å². The summed E-state index contributed by atoms with van der Waals surface area (Å²) in [5.41, 5.74) is 4.86. The molecule has 2 saturated heterocycles. The molecule has 132 valence electrons. The van der Waals surface area contributed by atoms with Gasteiger partial charge in [0, 0.05) is 38.3 Å². The van der Waals surface area contributed by atoms with Gasteiger partial charge in [0.2, 0.25) is 0 Å². The van der Waals surface area contributed by atoms with E-state index in [1.807, 2.05) is 20.8 Å². The van der Waals surface area contributed by atoms with Gasteiger partial charge in [-0.3, -0.25) is 0 Å². The Labute approximate surface area is 138 Å². The van der Waals surface area contributed by atoms with Gasteiger partial charge in [0.05, 0.1) is 0 Å². The molecule has 0 aromatic carbocycles. The van der Waals surface area contributed by atoms with E-state index >= 15 is 0 Å². The van der Waals surface area contributed by atoms with E-state index in [1.165, 1.54) is 0 Å². The quantitative estimate of drug-likeness (QED) is 0.805. The van der Waals surface area contributed by atoms with Crippen molar-refractivity contribution in [3.63, 3.8) is 0 Å². The lowest BCUT2D eigenvalue weighted by atomic mass is 10.00. The van der Waals surface area contributed by atoms with Crippen molar-refractivity contribution in [3.8, 4) is 0 Å². The first-order valence-corrected chi connectivity index (χ1v) is 8.53. The molecular weight excluding hydrogens is 296 g/mol. The number of hydrogen-bond acceptors (Lipinski definition) is 4. The number of nitrogens with zero attached hydrogens (tertiary/aromatic N) is 2. The number of ether oxygens (including phenoxy) is 1. The number of piperidine rings is 2. The number of nitrogens with two attached hydrogens (primary N) is 1. The maximum Gasteiger partial charge on any atom is 0.410 e. The second-order valence-electron chi connectivity index (χ2n) is 7.51. The molecule has 0 aromatic heterocycles. The molecule has 23 heavy (non-hydrogen) atoms. The minimum absolute atomic E-state index is 0.217. The van der Waals surface area contributed by atoms with Crippen molar-refractivity contribution in [2.24, 2.45) is 5.73 Å². The van der Waals surface area contributed by atoms with E-state index in [4.69, 9.17) is 10.5 Å². The highest BCUT2D eigenvalue weighted by atomic mass is 16.6. The summed E-state index contributed by atoms with van der Waals surface area (Å²) in [5, 5.41) is 3.67. The fourth-order valence-electron chi connectivity index (χ4n) is 3.16. The van der Waals surface area contributed by atoms with Crippen LogP contribution >= 0.6 is 0 Å². The van der Waals surface area contributed by atoms with Crippen LogP contribution in [0.5, 0.6) is 0 Å². The Morgan fingerprint density at radius 2 is 1.39 bits per heavy atom. The Morgan fingerprint density at radius 3 is 1.78 bits per heavy atom. The number of urea groups is 1. The molecule has 2 aliphatic rings. The second kappa shape index (κ2) is 7.38. The Bertz CT molecular complexity index is 420. The minimum atomic E-state index is -0.444. The van der Waals surface area contributed by atoms with Crippen LogP contribution in [0.3, 0.4) is 0 Å². The zero-order chi connectivity index (χ0) is 17.0. The molecule has 2 fully saturated rings. The monoisotopic (exact) mass is 326 g/mol. The SMILES string of the molecule is CC(C)(C)OC(=O)N1CCC(NC2CCN(C(N)=O)CC2)CC1. The van der Waals surface area contributed by atoms with Crippen molar-refractivity contribution in [1.29, 1.82) is 0 Å². The number of primary amides is 1. The summed E-state index contributed by atoms with van der Waals surface area (Å²) in [5.74, 6) is 0. The predicted octanol–water partition coefficient (Wildman–Crippen LogP) is 1.52. The Morgan fingerprint density at radius 1 is 0.957 bits per heavy atom. The second-order valence-corrected chi connectivity index (χ2v) is 7.51. The van der Waals surface area contributed by atoms with Gasteiger partial charge in [0.25, 0.3) is 0 Å². The van der Waals surface area contributed by atoms with Crippen LogP contribution in [0, 0.1) is 0 Å². The summed E-state index contributed by atoms with van der Waals surface area (Å²) in [6.07, 6.45) is 3.54. The molecule has 7 heteroatoms. The molecule has 0 unspecified atom stereocenters. The summed E-state index contributed by atoms with van der Waals surface area (Å²) >= 11 is 0. The average molecular weight is 326 g/mol. The molecule has 7 nitrogen and oxygen atoms in total. The molecule has 0 aromatic rings. The van der Waals surface area contributed by atoms with Crippen molar-refractivity contribution in [3.05, 3.63) is 0 Å². The van der Waals surface area contributed by atoms with Crippen molar-refractivity contribution in [1.82, 2.24) is 15.1 Å². The van der Waals surface area contributed by atoms with E-state index in [0.717, 1.165) is 51.9 Å². The summed E-state index contributed by atoms with van der Waals surface area (Å²) < 4.78 is 5.41. The predicted molar refractivity (Wildman–Crippen MR) is 88.1 cm³/mol. The third-order valence-electron chi connectivity index (χ3n) is 4.42. The standard InChI is InChI=1S/C16H30N4O3/c1-16(2,3)23-15(22)20-10-6-13(7-11-20)18-12-4-8-19(9-5-12)14(17)21/h12-13,18H,4-11H2,1-3H3,(H2,17,21). The largest absolute Gasteiger partial charge is 0.444 e. The van der Waals surface area contributed by atoms with Crippen molar-refractivity contribution in [2.45, 2.75) is 64.1 Å². The number of carbonyl (C=O) groups excluding carboxylic acids is 2. The highest BCUT2D eigenvalue weighted by Gasteiger charge is 2.29. The number of amides is 3. The molecule has 2 rings (SSSR count). The Kier molecular flexibility index (Phi) is 5.73. The van der Waals surface area contributed by atoms with Gasteiger partial charge in [-0.05, 0) is 46.5 Å². The van der Waals surface area contributed by atoms with Crippen LogP contribution in [0.15, 0.2) is 0 Å². The number of carbonyl (C=O) groups is 2. The van der Waals surface area contributed by atoms with Crippen LogP contribution in [-0.2, 0) is 4.74 Å². The van der Waals surface area contributed by atoms with Crippen molar-refractivity contribution >= 4 is 12.1 Å². The van der Waals surface area contributed by atoms with Crippen LogP contribution in [0.2, 0.25) is 0 Å². The lowest BCUT2D eigenvalue weighted by Gasteiger charge is -2.37. The summed E-state index contributed by atoms with van der Waals surface area (Å²) in [6, 6.07) is 0.539. The average Bonchev–Trinajstić information content (AvgIpc) is 2.46. The van der Waals surface area contributed by atoms with Gasteiger partial charge in [-0.25, -0.2) is 9.59 Å². The van der Waals surface area contributed by atoms with Crippen molar-refractivity contribution < 1.29 is 14.3 Å². The number of rotatable bonds is 2. The molecule has 0 atom stereocenters. The lowest BCUT2D eigenvalue weighted by molar-refractivity contribution is 0.0194. The van der Waals surface area contributed by atoms with Gasteiger partial charge in [-0.1, -0.05) is 0 Å². The molecule has 0 saturated carbocycles. The molecule has 3 amide bonds. The maximum atomic E-state index is 12.0. The normalized spacial score (nSPS) is 21.3. The molecule has 2 heterocycles. The fraction of sp³-hybridized carbons (Fsp3) is 0.875.